The first-order valence-electron chi connectivity index (χ1n) is 5.94. The molecular formula is C14H15FN2O3. The number of hydrogen-bond acceptors (Lipinski definition) is 3. The molecule has 1 unspecified atom stereocenters. The van der Waals surface area contributed by atoms with E-state index in [1.54, 1.807) is 26.8 Å². The highest BCUT2D eigenvalue weighted by Gasteiger charge is 2.35. The van der Waals surface area contributed by atoms with Gasteiger partial charge in [-0.2, -0.15) is 5.26 Å². The smallest absolute Gasteiger partial charge is 0.404 e. The molecule has 20 heavy (non-hydrogen) atoms. The van der Waals surface area contributed by atoms with Crippen LogP contribution in [0.15, 0.2) is 18.2 Å². The molecule has 0 aliphatic heterocycles. The quantitative estimate of drug-likeness (QED) is 0.828. The van der Waals surface area contributed by atoms with Gasteiger partial charge in [-0.3, -0.25) is 4.79 Å². The Balaban J connectivity index is 3.08. The van der Waals surface area contributed by atoms with Crippen molar-refractivity contribution in [3.63, 3.8) is 0 Å². The highest BCUT2D eigenvalue weighted by molar-refractivity contribution is 6.00. The number of benzene rings is 1. The van der Waals surface area contributed by atoms with E-state index in [4.69, 9.17) is 10.4 Å². The first-order chi connectivity index (χ1) is 9.20. The molecule has 1 atom stereocenters. The largest absolute Gasteiger partial charge is 0.465 e. The first-order valence-corrected chi connectivity index (χ1v) is 5.94. The monoisotopic (exact) mass is 278 g/mol. The van der Waals surface area contributed by atoms with Crippen molar-refractivity contribution in [1.29, 1.82) is 5.26 Å². The van der Waals surface area contributed by atoms with Crippen LogP contribution in [0.3, 0.4) is 0 Å². The summed E-state index contributed by atoms with van der Waals surface area (Å²) >= 11 is 0. The number of carbonyl (C=O) groups is 2. The SMILES string of the molecule is CC(NC(=O)O)C(C)(C)C(=O)c1ccc(C#N)c(F)c1. The second-order valence-electron chi connectivity index (χ2n) is 5.03. The van der Waals surface area contributed by atoms with Gasteiger partial charge in [0, 0.05) is 17.0 Å². The zero-order valence-corrected chi connectivity index (χ0v) is 11.4. The number of amides is 1. The minimum absolute atomic E-state index is 0.102. The zero-order valence-electron chi connectivity index (χ0n) is 11.4. The predicted octanol–water partition coefficient (Wildman–Crippen LogP) is 2.56. The van der Waals surface area contributed by atoms with Crippen LogP contribution in [0.4, 0.5) is 9.18 Å². The van der Waals surface area contributed by atoms with E-state index in [1.165, 1.54) is 12.1 Å². The van der Waals surface area contributed by atoms with Crippen LogP contribution in [0.5, 0.6) is 0 Å². The number of rotatable bonds is 4. The Bertz CT molecular complexity index is 591. The van der Waals surface area contributed by atoms with Gasteiger partial charge in [-0.1, -0.05) is 13.8 Å². The third-order valence-electron chi connectivity index (χ3n) is 3.36. The van der Waals surface area contributed by atoms with E-state index in [0.29, 0.717) is 0 Å². The molecule has 1 rings (SSSR count). The molecule has 0 bridgehead atoms. The first kappa shape index (κ1) is 15.6. The third kappa shape index (κ3) is 3.12. The Morgan fingerprint density at radius 1 is 1.45 bits per heavy atom. The van der Waals surface area contributed by atoms with E-state index in [2.05, 4.69) is 5.32 Å². The van der Waals surface area contributed by atoms with Gasteiger partial charge in [0.05, 0.1) is 5.56 Å². The summed E-state index contributed by atoms with van der Waals surface area (Å²) in [5, 5.41) is 19.6. The molecule has 0 saturated heterocycles. The van der Waals surface area contributed by atoms with Crippen molar-refractivity contribution >= 4 is 11.9 Å². The number of hydrogen-bond donors (Lipinski definition) is 2. The van der Waals surface area contributed by atoms with Crippen LogP contribution in [0.2, 0.25) is 0 Å². The van der Waals surface area contributed by atoms with E-state index in [9.17, 15) is 14.0 Å². The fourth-order valence-corrected chi connectivity index (χ4v) is 1.68. The molecule has 0 heterocycles. The van der Waals surface area contributed by atoms with Gasteiger partial charge < -0.3 is 10.4 Å². The average molecular weight is 278 g/mol. The number of carbonyl (C=O) groups excluding carboxylic acids is 1. The van der Waals surface area contributed by atoms with Gasteiger partial charge in [-0.15, -0.1) is 0 Å². The summed E-state index contributed by atoms with van der Waals surface area (Å²) < 4.78 is 13.5. The lowest BCUT2D eigenvalue weighted by atomic mass is 9.78. The molecule has 106 valence electrons. The van der Waals surface area contributed by atoms with Crippen molar-refractivity contribution in [1.82, 2.24) is 5.32 Å². The maximum atomic E-state index is 13.5. The highest BCUT2D eigenvalue weighted by Crippen LogP contribution is 2.27. The second kappa shape index (κ2) is 5.70. The maximum absolute atomic E-state index is 13.5. The number of nitriles is 1. The van der Waals surface area contributed by atoms with Gasteiger partial charge in [0.15, 0.2) is 5.78 Å². The molecular weight excluding hydrogens is 263 g/mol. The lowest BCUT2D eigenvalue weighted by Gasteiger charge is -2.30. The number of halogens is 1. The van der Waals surface area contributed by atoms with E-state index in [-0.39, 0.29) is 11.1 Å². The summed E-state index contributed by atoms with van der Waals surface area (Å²) in [5.41, 5.74) is -1.08. The number of nitrogens with zero attached hydrogens (tertiary/aromatic N) is 1. The lowest BCUT2D eigenvalue weighted by molar-refractivity contribution is 0.0788. The number of ketones is 1. The molecule has 1 amide bonds. The van der Waals surface area contributed by atoms with Crippen LogP contribution >= 0.6 is 0 Å². The predicted molar refractivity (Wildman–Crippen MR) is 69.8 cm³/mol. The van der Waals surface area contributed by atoms with Gasteiger partial charge in [0.1, 0.15) is 11.9 Å². The summed E-state index contributed by atoms with van der Waals surface area (Å²) in [6.07, 6.45) is -1.23. The van der Waals surface area contributed by atoms with Crippen LogP contribution in [0.25, 0.3) is 0 Å². The van der Waals surface area contributed by atoms with Gasteiger partial charge in [0.2, 0.25) is 0 Å². The molecule has 2 N–H and O–H groups in total. The van der Waals surface area contributed by atoms with E-state index < -0.39 is 29.2 Å². The molecule has 0 spiro atoms. The fourth-order valence-electron chi connectivity index (χ4n) is 1.68. The molecule has 0 aliphatic carbocycles. The Morgan fingerprint density at radius 2 is 2.05 bits per heavy atom. The van der Waals surface area contributed by atoms with Crippen molar-refractivity contribution in [3.05, 3.63) is 35.1 Å². The Hall–Kier alpha value is -2.42. The summed E-state index contributed by atoms with van der Waals surface area (Å²) in [5.74, 6) is -1.17. The van der Waals surface area contributed by atoms with Gasteiger partial charge in [-0.25, -0.2) is 9.18 Å². The molecule has 0 fully saturated rings. The van der Waals surface area contributed by atoms with Gasteiger partial charge in [-0.05, 0) is 25.1 Å². The van der Waals surface area contributed by atoms with Crippen molar-refractivity contribution in [3.8, 4) is 6.07 Å². The highest BCUT2D eigenvalue weighted by atomic mass is 19.1. The van der Waals surface area contributed by atoms with Crippen molar-refractivity contribution in [2.75, 3.05) is 0 Å². The average Bonchev–Trinajstić information content (AvgIpc) is 2.36. The molecule has 6 heteroatoms. The molecule has 0 aromatic heterocycles. The summed E-state index contributed by atoms with van der Waals surface area (Å²) in [7, 11) is 0. The minimum Gasteiger partial charge on any atom is -0.465 e. The summed E-state index contributed by atoms with van der Waals surface area (Å²) in [6.45, 7) is 4.71. The fraction of sp³-hybridized carbons (Fsp3) is 0.357. The molecule has 1 aromatic carbocycles. The number of nitrogens with one attached hydrogen (secondary N) is 1. The number of carboxylic acid groups (broad SMARTS) is 1. The standard InChI is InChI=1S/C14H15FN2O3/c1-8(17-13(19)20)14(2,3)12(18)9-4-5-10(7-16)11(15)6-9/h4-6,8,17H,1-3H3,(H,19,20). The molecule has 1 aromatic rings. The van der Waals surface area contributed by atoms with Crippen molar-refractivity contribution in [2.45, 2.75) is 26.8 Å². The van der Waals surface area contributed by atoms with Crippen LogP contribution in [-0.4, -0.2) is 23.0 Å². The maximum Gasteiger partial charge on any atom is 0.404 e. The summed E-state index contributed by atoms with van der Waals surface area (Å²) in [4.78, 5) is 23.0. The van der Waals surface area contributed by atoms with Crippen LogP contribution in [-0.2, 0) is 0 Å². The van der Waals surface area contributed by atoms with E-state index in [0.717, 1.165) is 6.07 Å². The molecule has 0 radical (unpaired) electrons. The van der Waals surface area contributed by atoms with Gasteiger partial charge >= 0.3 is 6.09 Å². The van der Waals surface area contributed by atoms with Crippen molar-refractivity contribution < 1.29 is 19.1 Å². The van der Waals surface area contributed by atoms with Crippen LogP contribution in [0, 0.1) is 22.6 Å². The molecule has 5 nitrogen and oxygen atoms in total. The van der Waals surface area contributed by atoms with E-state index >= 15 is 0 Å². The Morgan fingerprint density at radius 3 is 2.50 bits per heavy atom. The molecule has 0 aliphatic rings. The lowest BCUT2D eigenvalue weighted by Crippen LogP contribution is -2.46. The van der Waals surface area contributed by atoms with Crippen LogP contribution < -0.4 is 5.32 Å². The van der Waals surface area contributed by atoms with E-state index in [1.807, 2.05) is 0 Å². The van der Waals surface area contributed by atoms with Gasteiger partial charge in [0.25, 0.3) is 0 Å². The van der Waals surface area contributed by atoms with Crippen LogP contribution in [0.1, 0.15) is 36.7 Å². The molecule has 0 saturated carbocycles. The Kier molecular flexibility index (Phi) is 4.45. The zero-order chi connectivity index (χ0) is 15.5. The second-order valence-corrected chi connectivity index (χ2v) is 5.03. The summed E-state index contributed by atoms with van der Waals surface area (Å²) in [6, 6.07) is 4.61. The minimum atomic E-state index is -1.23. The number of Topliss-reactive ketones (excluding diaryl/α,β-unsaturated/α-hetero) is 1. The van der Waals surface area contributed by atoms with Crippen molar-refractivity contribution in [2.24, 2.45) is 5.41 Å². The Labute approximate surface area is 116 Å². The third-order valence-corrected chi connectivity index (χ3v) is 3.36. The topological polar surface area (TPSA) is 90.2 Å². The normalized spacial score (nSPS) is 12.3.